The van der Waals surface area contributed by atoms with Gasteiger partial charge in [0.1, 0.15) is 0 Å². The van der Waals surface area contributed by atoms with E-state index in [1.807, 2.05) is 42.5 Å². The van der Waals surface area contributed by atoms with E-state index in [-0.39, 0.29) is 12.5 Å². The summed E-state index contributed by atoms with van der Waals surface area (Å²) in [6.45, 7) is 0.277. The molecule has 2 N–H and O–H groups in total. The minimum absolute atomic E-state index is 0.180. The van der Waals surface area contributed by atoms with Crippen molar-refractivity contribution in [1.82, 2.24) is 5.32 Å². The predicted molar refractivity (Wildman–Crippen MR) is 91.9 cm³/mol. The smallest absolute Gasteiger partial charge is 0.244 e. The molecule has 0 bridgehead atoms. The van der Waals surface area contributed by atoms with Gasteiger partial charge in [-0.2, -0.15) is 0 Å². The van der Waals surface area contributed by atoms with Gasteiger partial charge >= 0.3 is 0 Å². The largest absolute Gasteiger partial charge is 0.388 e. The molecule has 1 aliphatic rings. The maximum Gasteiger partial charge on any atom is 0.244 e. The van der Waals surface area contributed by atoms with Gasteiger partial charge in [-0.1, -0.05) is 54.6 Å². The first kappa shape index (κ1) is 15.5. The van der Waals surface area contributed by atoms with E-state index in [9.17, 15) is 9.90 Å². The van der Waals surface area contributed by atoms with Crippen LogP contribution in [0.25, 0.3) is 6.08 Å². The Bertz CT molecular complexity index is 709. The highest BCUT2D eigenvalue weighted by Crippen LogP contribution is 2.28. The highest BCUT2D eigenvalue weighted by Gasteiger charge is 2.31. The van der Waals surface area contributed by atoms with Gasteiger partial charge in [0.2, 0.25) is 5.91 Å². The van der Waals surface area contributed by atoms with Crippen molar-refractivity contribution in [1.29, 1.82) is 0 Å². The van der Waals surface area contributed by atoms with E-state index in [0.717, 1.165) is 12.0 Å². The van der Waals surface area contributed by atoms with Crippen molar-refractivity contribution >= 4 is 12.0 Å². The fourth-order valence-corrected chi connectivity index (χ4v) is 2.98. The third kappa shape index (κ3) is 4.08. The van der Waals surface area contributed by atoms with Gasteiger partial charge in [-0.05, 0) is 35.6 Å². The van der Waals surface area contributed by atoms with Gasteiger partial charge in [-0.3, -0.25) is 4.79 Å². The summed E-state index contributed by atoms with van der Waals surface area (Å²) in [4.78, 5) is 11.9. The summed E-state index contributed by atoms with van der Waals surface area (Å²) >= 11 is 0. The van der Waals surface area contributed by atoms with E-state index in [1.54, 1.807) is 6.08 Å². The lowest BCUT2D eigenvalue weighted by Gasteiger charge is -2.33. The molecule has 0 spiro atoms. The summed E-state index contributed by atoms with van der Waals surface area (Å²) in [5, 5.41) is 13.5. The first-order chi connectivity index (χ1) is 11.1. The van der Waals surface area contributed by atoms with Crippen LogP contribution in [0.4, 0.5) is 0 Å². The molecule has 2 aromatic carbocycles. The van der Waals surface area contributed by atoms with Gasteiger partial charge < -0.3 is 10.4 Å². The zero-order valence-corrected chi connectivity index (χ0v) is 13.0. The van der Waals surface area contributed by atoms with Crippen molar-refractivity contribution in [2.24, 2.45) is 0 Å². The molecule has 2 aromatic rings. The zero-order chi connectivity index (χ0) is 16.1. The van der Waals surface area contributed by atoms with E-state index in [2.05, 4.69) is 17.4 Å². The number of carbonyl (C=O) groups is 1. The van der Waals surface area contributed by atoms with E-state index in [4.69, 9.17) is 0 Å². The molecule has 0 aromatic heterocycles. The van der Waals surface area contributed by atoms with E-state index in [1.165, 1.54) is 17.2 Å². The lowest BCUT2D eigenvalue weighted by Crippen LogP contribution is -2.46. The molecule has 0 radical (unpaired) electrons. The van der Waals surface area contributed by atoms with Crippen LogP contribution in [0.1, 0.15) is 23.1 Å². The van der Waals surface area contributed by atoms with Gasteiger partial charge in [-0.15, -0.1) is 0 Å². The average Bonchev–Trinajstić information content (AvgIpc) is 2.59. The van der Waals surface area contributed by atoms with Crippen molar-refractivity contribution in [3.8, 4) is 0 Å². The number of fused-ring (bicyclic) bond motifs is 1. The standard InChI is InChI=1S/C20H21NO2/c22-19(11-10-16-6-2-1-3-7-16)21-15-20(23)13-12-17-8-4-5-9-18(17)14-20/h1-11,23H,12-15H2,(H,21,22)/b11-10+. The molecule has 3 heteroatoms. The first-order valence-corrected chi connectivity index (χ1v) is 7.95. The number of rotatable bonds is 4. The molecule has 1 atom stereocenters. The van der Waals surface area contributed by atoms with Crippen LogP contribution in [-0.4, -0.2) is 23.2 Å². The van der Waals surface area contributed by atoms with Crippen LogP contribution in [0.15, 0.2) is 60.7 Å². The fraction of sp³-hybridized carbons (Fsp3) is 0.250. The SMILES string of the molecule is O=C(/C=C/c1ccccc1)NCC1(O)CCc2ccccc2C1. The molecule has 3 rings (SSSR count). The van der Waals surface area contributed by atoms with Gasteiger partial charge in [0.15, 0.2) is 0 Å². The quantitative estimate of drug-likeness (QED) is 0.853. The van der Waals surface area contributed by atoms with E-state index >= 15 is 0 Å². The van der Waals surface area contributed by atoms with Crippen molar-refractivity contribution in [3.05, 3.63) is 77.4 Å². The predicted octanol–water partition coefficient (Wildman–Crippen LogP) is 2.74. The molecule has 0 saturated carbocycles. The molecule has 0 saturated heterocycles. The average molecular weight is 307 g/mol. The number of aryl methyl sites for hydroxylation is 1. The third-order valence-corrected chi connectivity index (χ3v) is 4.32. The molecule has 0 heterocycles. The number of benzene rings is 2. The molecule has 118 valence electrons. The molecule has 23 heavy (non-hydrogen) atoms. The van der Waals surface area contributed by atoms with Crippen molar-refractivity contribution in [2.45, 2.75) is 24.9 Å². The number of amides is 1. The third-order valence-electron chi connectivity index (χ3n) is 4.32. The summed E-state index contributed by atoms with van der Waals surface area (Å²) in [5.41, 5.74) is 2.60. The second-order valence-corrected chi connectivity index (χ2v) is 6.13. The lowest BCUT2D eigenvalue weighted by atomic mass is 9.80. The van der Waals surface area contributed by atoms with Gasteiger partial charge in [0.25, 0.3) is 0 Å². The molecular formula is C20H21NO2. The topological polar surface area (TPSA) is 49.3 Å². The van der Waals surface area contributed by atoms with E-state index in [0.29, 0.717) is 12.8 Å². The van der Waals surface area contributed by atoms with E-state index < -0.39 is 5.60 Å². The Labute approximate surface area is 136 Å². The summed E-state index contributed by atoms with van der Waals surface area (Å²) in [6, 6.07) is 17.9. The van der Waals surface area contributed by atoms with Crippen molar-refractivity contribution in [2.75, 3.05) is 6.54 Å². The molecule has 0 aliphatic heterocycles. The number of aliphatic hydroxyl groups is 1. The molecule has 0 fully saturated rings. The highest BCUT2D eigenvalue weighted by molar-refractivity contribution is 5.91. The minimum Gasteiger partial charge on any atom is -0.388 e. The van der Waals surface area contributed by atoms with Crippen molar-refractivity contribution < 1.29 is 9.90 Å². The summed E-state index contributed by atoms with van der Waals surface area (Å²) in [5.74, 6) is -0.180. The molecule has 1 amide bonds. The van der Waals surface area contributed by atoms with Crippen LogP contribution in [0.3, 0.4) is 0 Å². The number of nitrogens with one attached hydrogen (secondary N) is 1. The number of carbonyl (C=O) groups excluding carboxylic acids is 1. The Balaban J connectivity index is 1.56. The number of hydrogen-bond donors (Lipinski definition) is 2. The van der Waals surface area contributed by atoms with Gasteiger partial charge in [0.05, 0.1) is 5.60 Å². The van der Waals surface area contributed by atoms with Gasteiger partial charge in [0, 0.05) is 19.0 Å². The summed E-state index contributed by atoms with van der Waals surface area (Å²) in [6.07, 6.45) is 5.39. The highest BCUT2D eigenvalue weighted by atomic mass is 16.3. The fourth-order valence-electron chi connectivity index (χ4n) is 2.98. The van der Waals surface area contributed by atoms with Crippen LogP contribution in [0.5, 0.6) is 0 Å². The van der Waals surface area contributed by atoms with Crippen LogP contribution in [0, 0.1) is 0 Å². The Morgan fingerprint density at radius 3 is 2.57 bits per heavy atom. The summed E-state index contributed by atoms with van der Waals surface area (Å²) < 4.78 is 0. The Morgan fingerprint density at radius 2 is 1.78 bits per heavy atom. The normalized spacial score (nSPS) is 20.2. The lowest BCUT2D eigenvalue weighted by molar-refractivity contribution is -0.117. The second kappa shape index (κ2) is 6.80. The second-order valence-electron chi connectivity index (χ2n) is 6.13. The van der Waals surface area contributed by atoms with Crippen LogP contribution < -0.4 is 5.32 Å². The van der Waals surface area contributed by atoms with Gasteiger partial charge in [-0.25, -0.2) is 0 Å². The first-order valence-electron chi connectivity index (χ1n) is 7.95. The molecular weight excluding hydrogens is 286 g/mol. The Hall–Kier alpha value is -2.39. The minimum atomic E-state index is -0.857. The Morgan fingerprint density at radius 1 is 1.09 bits per heavy atom. The summed E-state index contributed by atoms with van der Waals surface area (Å²) in [7, 11) is 0. The molecule has 3 nitrogen and oxygen atoms in total. The van der Waals surface area contributed by atoms with Crippen LogP contribution in [0.2, 0.25) is 0 Å². The van der Waals surface area contributed by atoms with Crippen LogP contribution >= 0.6 is 0 Å². The maximum absolute atomic E-state index is 11.9. The zero-order valence-electron chi connectivity index (χ0n) is 13.0. The van der Waals surface area contributed by atoms with Crippen LogP contribution in [-0.2, 0) is 17.6 Å². The Kier molecular flexibility index (Phi) is 4.58. The molecule has 1 aliphatic carbocycles. The monoisotopic (exact) mass is 307 g/mol. The number of hydrogen-bond acceptors (Lipinski definition) is 2. The van der Waals surface area contributed by atoms with Crippen molar-refractivity contribution in [3.63, 3.8) is 0 Å². The maximum atomic E-state index is 11.9. The molecule has 1 unspecified atom stereocenters.